The molecule has 2 heterocycles. The molecule has 1 amide bonds. The summed E-state index contributed by atoms with van der Waals surface area (Å²) in [6.45, 7) is 2.03. The van der Waals surface area contributed by atoms with Gasteiger partial charge in [0.1, 0.15) is 0 Å². The molecule has 0 spiro atoms. The van der Waals surface area contributed by atoms with Crippen molar-refractivity contribution in [2.45, 2.75) is 75.9 Å². The lowest BCUT2D eigenvalue weighted by atomic mass is 9.79. The maximum Gasteiger partial charge on any atom is 0.237 e. The van der Waals surface area contributed by atoms with Crippen molar-refractivity contribution >= 4 is 5.91 Å². The molecule has 4 atom stereocenters. The lowest BCUT2D eigenvalue weighted by Crippen LogP contribution is -2.53. The Morgan fingerprint density at radius 3 is 2.60 bits per heavy atom. The van der Waals surface area contributed by atoms with Crippen LogP contribution >= 0.6 is 0 Å². The predicted octanol–water partition coefficient (Wildman–Crippen LogP) is 1.56. The van der Waals surface area contributed by atoms with E-state index < -0.39 is 0 Å². The van der Waals surface area contributed by atoms with E-state index in [1.54, 1.807) is 0 Å². The zero-order chi connectivity index (χ0) is 13.8. The van der Waals surface area contributed by atoms with Gasteiger partial charge in [-0.1, -0.05) is 12.8 Å². The van der Waals surface area contributed by atoms with E-state index in [4.69, 9.17) is 0 Å². The number of rotatable bonds is 3. The molecular formula is C16H29N3O. The highest BCUT2D eigenvalue weighted by Crippen LogP contribution is 2.31. The SMILES string of the molecule is O=C1NCCCCC1NC1CCCCC1C1CCCN1. The summed E-state index contributed by atoms with van der Waals surface area (Å²) < 4.78 is 0. The average Bonchev–Trinajstić information content (AvgIpc) is 2.92. The van der Waals surface area contributed by atoms with Gasteiger partial charge in [-0.3, -0.25) is 4.79 Å². The topological polar surface area (TPSA) is 53.2 Å². The molecule has 4 nitrogen and oxygen atoms in total. The van der Waals surface area contributed by atoms with Crippen molar-refractivity contribution in [2.24, 2.45) is 5.92 Å². The number of carbonyl (C=O) groups is 1. The zero-order valence-electron chi connectivity index (χ0n) is 12.5. The monoisotopic (exact) mass is 279 g/mol. The minimum Gasteiger partial charge on any atom is -0.355 e. The van der Waals surface area contributed by atoms with Gasteiger partial charge in [0, 0.05) is 18.6 Å². The molecule has 3 aliphatic rings. The molecule has 3 rings (SSSR count). The summed E-state index contributed by atoms with van der Waals surface area (Å²) in [5, 5.41) is 10.5. The van der Waals surface area contributed by atoms with Gasteiger partial charge in [-0.25, -0.2) is 0 Å². The van der Waals surface area contributed by atoms with Crippen molar-refractivity contribution in [1.29, 1.82) is 0 Å². The summed E-state index contributed by atoms with van der Waals surface area (Å²) in [6, 6.07) is 1.26. The van der Waals surface area contributed by atoms with E-state index >= 15 is 0 Å². The Hall–Kier alpha value is -0.610. The number of nitrogens with one attached hydrogen (secondary N) is 3. The molecule has 0 aromatic rings. The van der Waals surface area contributed by atoms with Crippen molar-refractivity contribution in [3.63, 3.8) is 0 Å². The fourth-order valence-corrected chi connectivity index (χ4v) is 4.28. The summed E-state index contributed by atoms with van der Waals surface area (Å²) in [5.41, 5.74) is 0. The van der Waals surface area contributed by atoms with Crippen molar-refractivity contribution in [3.05, 3.63) is 0 Å². The first-order chi connectivity index (χ1) is 9.84. The van der Waals surface area contributed by atoms with E-state index in [9.17, 15) is 4.79 Å². The first-order valence-electron chi connectivity index (χ1n) is 8.62. The van der Waals surface area contributed by atoms with E-state index in [2.05, 4.69) is 16.0 Å². The Morgan fingerprint density at radius 1 is 0.900 bits per heavy atom. The molecule has 0 radical (unpaired) electrons. The van der Waals surface area contributed by atoms with Crippen LogP contribution in [0.4, 0.5) is 0 Å². The maximum absolute atomic E-state index is 12.1. The fraction of sp³-hybridized carbons (Fsp3) is 0.938. The summed E-state index contributed by atoms with van der Waals surface area (Å²) in [5.74, 6) is 0.952. The Balaban J connectivity index is 1.61. The van der Waals surface area contributed by atoms with Crippen LogP contribution in [0.25, 0.3) is 0 Å². The van der Waals surface area contributed by atoms with E-state index in [-0.39, 0.29) is 11.9 Å². The van der Waals surface area contributed by atoms with E-state index in [0.717, 1.165) is 31.7 Å². The van der Waals surface area contributed by atoms with Gasteiger partial charge in [0.15, 0.2) is 0 Å². The summed E-state index contributed by atoms with van der Waals surface area (Å²) in [7, 11) is 0. The predicted molar refractivity (Wildman–Crippen MR) is 80.6 cm³/mol. The maximum atomic E-state index is 12.1. The van der Waals surface area contributed by atoms with Gasteiger partial charge in [-0.05, 0) is 57.4 Å². The Bertz CT molecular complexity index is 328. The number of carbonyl (C=O) groups excluding carboxylic acids is 1. The second-order valence-electron chi connectivity index (χ2n) is 6.76. The second-order valence-corrected chi connectivity index (χ2v) is 6.76. The van der Waals surface area contributed by atoms with Gasteiger partial charge in [0.05, 0.1) is 6.04 Å². The minimum absolute atomic E-state index is 0.0458. The van der Waals surface area contributed by atoms with Crippen LogP contribution in [0.5, 0.6) is 0 Å². The van der Waals surface area contributed by atoms with Crippen LogP contribution in [0.3, 0.4) is 0 Å². The van der Waals surface area contributed by atoms with Crippen LogP contribution in [-0.2, 0) is 4.79 Å². The largest absolute Gasteiger partial charge is 0.355 e. The first kappa shape index (κ1) is 14.3. The molecule has 4 heteroatoms. The molecule has 2 aliphatic heterocycles. The third-order valence-corrected chi connectivity index (χ3v) is 5.39. The third-order valence-electron chi connectivity index (χ3n) is 5.39. The van der Waals surface area contributed by atoms with E-state index in [0.29, 0.717) is 12.1 Å². The highest BCUT2D eigenvalue weighted by Gasteiger charge is 2.35. The lowest BCUT2D eigenvalue weighted by molar-refractivity contribution is -0.123. The average molecular weight is 279 g/mol. The van der Waals surface area contributed by atoms with Gasteiger partial charge >= 0.3 is 0 Å². The Morgan fingerprint density at radius 2 is 1.75 bits per heavy atom. The van der Waals surface area contributed by atoms with Gasteiger partial charge in [-0.2, -0.15) is 0 Å². The van der Waals surface area contributed by atoms with Crippen molar-refractivity contribution < 1.29 is 4.79 Å². The molecule has 0 aromatic carbocycles. The minimum atomic E-state index is 0.0458. The molecule has 4 unspecified atom stereocenters. The van der Waals surface area contributed by atoms with Crippen LogP contribution in [0.15, 0.2) is 0 Å². The van der Waals surface area contributed by atoms with Gasteiger partial charge in [0.25, 0.3) is 0 Å². The molecule has 114 valence electrons. The number of hydrogen-bond acceptors (Lipinski definition) is 3. The lowest BCUT2D eigenvalue weighted by Gasteiger charge is -2.38. The number of hydrogen-bond donors (Lipinski definition) is 3. The standard InChI is InChI=1S/C16H29N3O/c20-16-15(8-3-4-10-18-16)19-14-7-2-1-6-12(14)13-9-5-11-17-13/h12-15,17,19H,1-11H2,(H,18,20). The summed E-state index contributed by atoms with van der Waals surface area (Å²) in [6.07, 6.45) is 11.2. The molecule has 2 saturated heterocycles. The van der Waals surface area contributed by atoms with Crippen LogP contribution in [0, 0.1) is 5.92 Å². The molecular weight excluding hydrogens is 250 g/mol. The Labute approximate surface area is 122 Å². The van der Waals surface area contributed by atoms with Gasteiger partial charge in [0.2, 0.25) is 5.91 Å². The summed E-state index contributed by atoms with van der Waals surface area (Å²) in [4.78, 5) is 12.1. The van der Waals surface area contributed by atoms with Crippen LogP contribution in [0.2, 0.25) is 0 Å². The normalized spacial score (nSPS) is 39.3. The molecule has 3 fully saturated rings. The molecule has 1 saturated carbocycles. The van der Waals surface area contributed by atoms with E-state index in [1.165, 1.54) is 45.1 Å². The molecule has 0 bridgehead atoms. The quantitative estimate of drug-likeness (QED) is 0.735. The summed E-state index contributed by atoms with van der Waals surface area (Å²) >= 11 is 0. The van der Waals surface area contributed by atoms with Crippen LogP contribution in [0.1, 0.15) is 57.8 Å². The molecule has 1 aliphatic carbocycles. The third kappa shape index (κ3) is 3.34. The number of amides is 1. The van der Waals surface area contributed by atoms with Crippen molar-refractivity contribution in [3.8, 4) is 0 Å². The molecule has 3 N–H and O–H groups in total. The highest BCUT2D eigenvalue weighted by atomic mass is 16.2. The van der Waals surface area contributed by atoms with Gasteiger partial charge < -0.3 is 16.0 Å². The first-order valence-corrected chi connectivity index (χ1v) is 8.62. The second kappa shape index (κ2) is 6.90. The fourth-order valence-electron chi connectivity index (χ4n) is 4.28. The smallest absolute Gasteiger partial charge is 0.237 e. The van der Waals surface area contributed by atoms with Crippen molar-refractivity contribution in [2.75, 3.05) is 13.1 Å². The van der Waals surface area contributed by atoms with Crippen molar-refractivity contribution in [1.82, 2.24) is 16.0 Å². The Kier molecular flexibility index (Phi) is 4.94. The van der Waals surface area contributed by atoms with Crippen LogP contribution in [-0.4, -0.2) is 37.1 Å². The molecule has 20 heavy (non-hydrogen) atoms. The molecule has 0 aromatic heterocycles. The van der Waals surface area contributed by atoms with Gasteiger partial charge in [-0.15, -0.1) is 0 Å². The highest BCUT2D eigenvalue weighted by molar-refractivity contribution is 5.81. The zero-order valence-corrected chi connectivity index (χ0v) is 12.5. The van der Waals surface area contributed by atoms with E-state index in [1.807, 2.05) is 0 Å². The van der Waals surface area contributed by atoms with Crippen LogP contribution < -0.4 is 16.0 Å².